The molecule has 1 aliphatic heterocycles. The Balaban J connectivity index is 1.34. The summed E-state index contributed by atoms with van der Waals surface area (Å²) in [6.45, 7) is 2.97. The molecular weight excluding hydrogens is 450 g/mol. The first kappa shape index (κ1) is 23.9. The maximum Gasteiger partial charge on any atom is 0.251 e. The number of piperidine rings is 1. The number of anilines is 1. The Morgan fingerprint density at radius 3 is 2.41 bits per heavy atom. The number of fused-ring (bicyclic) bond motifs is 1. The summed E-state index contributed by atoms with van der Waals surface area (Å²) in [5.41, 5.74) is 1.60. The molecule has 0 saturated carbocycles. The van der Waals surface area contributed by atoms with E-state index < -0.39 is 10.0 Å². The third kappa shape index (κ3) is 5.46. The lowest BCUT2D eigenvalue weighted by Gasteiger charge is -2.26. The van der Waals surface area contributed by atoms with E-state index in [4.69, 9.17) is 0 Å². The average Bonchev–Trinajstić information content (AvgIpc) is 2.85. The Hall–Kier alpha value is -3.23. The predicted octanol–water partition coefficient (Wildman–Crippen LogP) is 4.08. The molecule has 178 valence electrons. The smallest absolute Gasteiger partial charge is 0.251 e. The van der Waals surface area contributed by atoms with Crippen molar-refractivity contribution in [2.24, 2.45) is 0 Å². The van der Waals surface area contributed by atoms with Crippen molar-refractivity contribution in [3.63, 3.8) is 0 Å². The van der Waals surface area contributed by atoms with Gasteiger partial charge >= 0.3 is 0 Å². The van der Waals surface area contributed by atoms with Gasteiger partial charge in [-0.1, -0.05) is 42.8 Å². The van der Waals surface area contributed by atoms with E-state index >= 15 is 0 Å². The fraction of sp³-hybridized carbons (Fsp3) is 0.308. The monoisotopic (exact) mass is 479 g/mol. The molecule has 1 aliphatic rings. The number of aryl methyl sites for hydroxylation is 1. The Labute approximate surface area is 200 Å². The SMILES string of the molecule is Cc1ccc(NC(=O)CCNC(=O)c2ccc3ccccc3c2)cc1S(=O)(=O)N1CCCCC1. The molecule has 0 aromatic heterocycles. The van der Waals surface area contributed by atoms with Gasteiger partial charge in [-0.15, -0.1) is 0 Å². The Bertz CT molecular complexity index is 1310. The number of amides is 2. The number of nitrogens with one attached hydrogen (secondary N) is 2. The van der Waals surface area contributed by atoms with Gasteiger partial charge in [0, 0.05) is 37.3 Å². The van der Waals surface area contributed by atoms with Crippen molar-refractivity contribution in [3.8, 4) is 0 Å². The summed E-state index contributed by atoms with van der Waals surface area (Å²) < 4.78 is 27.7. The van der Waals surface area contributed by atoms with Crippen LogP contribution in [0.3, 0.4) is 0 Å². The van der Waals surface area contributed by atoms with Gasteiger partial charge in [0.2, 0.25) is 15.9 Å². The molecule has 7 nitrogen and oxygen atoms in total. The fourth-order valence-electron chi connectivity index (χ4n) is 4.15. The summed E-state index contributed by atoms with van der Waals surface area (Å²) in [5, 5.41) is 7.54. The van der Waals surface area contributed by atoms with Crippen LogP contribution in [0.2, 0.25) is 0 Å². The van der Waals surface area contributed by atoms with Gasteiger partial charge in [-0.3, -0.25) is 9.59 Å². The van der Waals surface area contributed by atoms with E-state index in [2.05, 4.69) is 10.6 Å². The molecule has 4 rings (SSSR count). The minimum Gasteiger partial charge on any atom is -0.352 e. The van der Waals surface area contributed by atoms with Crippen molar-refractivity contribution >= 4 is 38.3 Å². The van der Waals surface area contributed by atoms with E-state index in [9.17, 15) is 18.0 Å². The quantitative estimate of drug-likeness (QED) is 0.534. The highest BCUT2D eigenvalue weighted by Gasteiger charge is 2.27. The second kappa shape index (κ2) is 10.4. The van der Waals surface area contributed by atoms with E-state index in [0.29, 0.717) is 29.9 Å². The molecule has 2 N–H and O–H groups in total. The normalized spacial score (nSPS) is 14.6. The Morgan fingerprint density at radius 2 is 1.65 bits per heavy atom. The molecule has 8 heteroatoms. The summed E-state index contributed by atoms with van der Waals surface area (Å²) in [6.07, 6.45) is 2.83. The standard InChI is InChI=1S/C26H29N3O4S/c1-19-9-12-23(18-24(19)34(32,33)29-15-5-2-6-16-29)28-25(30)13-14-27-26(31)22-11-10-20-7-3-4-8-21(20)17-22/h3-4,7-12,17-18H,2,5-6,13-16H2,1H3,(H,27,31)(H,28,30). The predicted molar refractivity (Wildman–Crippen MR) is 133 cm³/mol. The van der Waals surface area contributed by atoms with Crippen LogP contribution in [-0.2, 0) is 14.8 Å². The molecule has 0 bridgehead atoms. The van der Waals surface area contributed by atoms with Gasteiger partial charge in [0.25, 0.3) is 5.91 Å². The molecule has 0 spiro atoms. The van der Waals surface area contributed by atoms with Gasteiger partial charge in [0.15, 0.2) is 0 Å². The van der Waals surface area contributed by atoms with Gasteiger partial charge in [0.1, 0.15) is 0 Å². The molecule has 0 radical (unpaired) electrons. The van der Waals surface area contributed by atoms with Gasteiger partial charge in [-0.05, 0) is 60.4 Å². The number of carbonyl (C=O) groups is 2. The van der Waals surface area contributed by atoms with Gasteiger partial charge in [-0.2, -0.15) is 4.31 Å². The van der Waals surface area contributed by atoms with Gasteiger partial charge in [-0.25, -0.2) is 8.42 Å². The topological polar surface area (TPSA) is 95.6 Å². The lowest BCUT2D eigenvalue weighted by Crippen LogP contribution is -2.36. The van der Waals surface area contributed by atoms with Crippen molar-refractivity contribution in [1.82, 2.24) is 9.62 Å². The van der Waals surface area contributed by atoms with E-state index in [0.717, 1.165) is 30.0 Å². The average molecular weight is 480 g/mol. The highest BCUT2D eigenvalue weighted by atomic mass is 32.2. The summed E-state index contributed by atoms with van der Waals surface area (Å²) in [5.74, 6) is -0.548. The van der Waals surface area contributed by atoms with Crippen LogP contribution in [-0.4, -0.2) is 44.2 Å². The van der Waals surface area contributed by atoms with Crippen LogP contribution < -0.4 is 10.6 Å². The number of sulfonamides is 1. The summed E-state index contributed by atoms with van der Waals surface area (Å²) in [7, 11) is -3.60. The summed E-state index contributed by atoms with van der Waals surface area (Å²) >= 11 is 0. The van der Waals surface area contributed by atoms with Crippen LogP contribution in [0.5, 0.6) is 0 Å². The third-order valence-electron chi connectivity index (χ3n) is 6.05. The van der Waals surface area contributed by atoms with Crippen molar-refractivity contribution in [2.75, 3.05) is 25.0 Å². The molecule has 3 aromatic rings. The lowest BCUT2D eigenvalue weighted by atomic mass is 10.1. The highest BCUT2D eigenvalue weighted by Crippen LogP contribution is 2.26. The molecule has 0 aliphatic carbocycles. The molecule has 1 heterocycles. The number of benzene rings is 3. The zero-order valence-electron chi connectivity index (χ0n) is 19.2. The van der Waals surface area contributed by atoms with Crippen LogP contribution >= 0.6 is 0 Å². The molecule has 0 unspecified atom stereocenters. The van der Waals surface area contributed by atoms with Crippen LogP contribution in [0, 0.1) is 6.92 Å². The largest absolute Gasteiger partial charge is 0.352 e. The Morgan fingerprint density at radius 1 is 0.912 bits per heavy atom. The molecule has 34 heavy (non-hydrogen) atoms. The maximum absolute atomic E-state index is 13.1. The summed E-state index contributed by atoms with van der Waals surface area (Å²) in [4.78, 5) is 25.1. The zero-order chi connectivity index (χ0) is 24.1. The van der Waals surface area contributed by atoms with E-state index in [1.54, 1.807) is 25.1 Å². The van der Waals surface area contributed by atoms with E-state index in [-0.39, 0.29) is 29.7 Å². The number of rotatable bonds is 7. The van der Waals surface area contributed by atoms with Gasteiger partial charge < -0.3 is 10.6 Å². The van der Waals surface area contributed by atoms with Crippen LogP contribution in [0.15, 0.2) is 65.6 Å². The fourth-order valence-corrected chi connectivity index (χ4v) is 5.91. The molecule has 2 amide bonds. The molecule has 0 atom stereocenters. The highest BCUT2D eigenvalue weighted by molar-refractivity contribution is 7.89. The van der Waals surface area contributed by atoms with E-state index in [1.807, 2.05) is 36.4 Å². The zero-order valence-corrected chi connectivity index (χ0v) is 20.0. The number of hydrogen-bond acceptors (Lipinski definition) is 4. The van der Waals surface area contributed by atoms with Crippen molar-refractivity contribution < 1.29 is 18.0 Å². The Kier molecular flexibility index (Phi) is 7.29. The van der Waals surface area contributed by atoms with Crippen LogP contribution in [0.25, 0.3) is 10.8 Å². The first-order valence-electron chi connectivity index (χ1n) is 11.5. The second-order valence-electron chi connectivity index (χ2n) is 8.56. The molecule has 1 saturated heterocycles. The number of carbonyl (C=O) groups excluding carboxylic acids is 2. The molecule has 3 aromatic carbocycles. The minimum absolute atomic E-state index is 0.0708. The van der Waals surface area contributed by atoms with E-state index in [1.165, 1.54) is 10.4 Å². The first-order chi connectivity index (χ1) is 16.3. The molecule has 1 fully saturated rings. The van der Waals surface area contributed by atoms with Crippen LogP contribution in [0.4, 0.5) is 5.69 Å². The second-order valence-corrected chi connectivity index (χ2v) is 10.5. The number of hydrogen-bond donors (Lipinski definition) is 2. The lowest BCUT2D eigenvalue weighted by molar-refractivity contribution is -0.116. The van der Waals surface area contributed by atoms with Crippen LogP contribution in [0.1, 0.15) is 41.6 Å². The minimum atomic E-state index is -3.60. The maximum atomic E-state index is 13.1. The van der Waals surface area contributed by atoms with Crippen molar-refractivity contribution in [2.45, 2.75) is 37.5 Å². The first-order valence-corrected chi connectivity index (χ1v) is 13.0. The molecular formula is C26H29N3O4S. The summed E-state index contributed by atoms with van der Waals surface area (Å²) in [6, 6.07) is 18.2. The van der Waals surface area contributed by atoms with Crippen molar-refractivity contribution in [1.29, 1.82) is 0 Å². The number of nitrogens with zero attached hydrogens (tertiary/aromatic N) is 1. The van der Waals surface area contributed by atoms with Crippen molar-refractivity contribution in [3.05, 3.63) is 71.8 Å². The third-order valence-corrected chi connectivity index (χ3v) is 8.09. The van der Waals surface area contributed by atoms with Gasteiger partial charge in [0.05, 0.1) is 4.90 Å².